The lowest BCUT2D eigenvalue weighted by molar-refractivity contribution is 0.0601. The molecule has 1 aromatic heterocycles. The summed E-state index contributed by atoms with van der Waals surface area (Å²) in [5, 5.41) is 0. The molecule has 1 aliphatic heterocycles. The Bertz CT molecular complexity index is 1120. The molecule has 3 aromatic rings. The number of anilines is 1. The molecule has 4 rings (SSSR count). The summed E-state index contributed by atoms with van der Waals surface area (Å²) in [6.07, 6.45) is 1.33. The third-order valence-electron chi connectivity index (χ3n) is 4.74. The van der Waals surface area contributed by atoms with Crippen LogP contribution in [0, 0.1) is 0 Å². The van der Waals surface area contributed by atoms with Gasteiger partial charge in [0.25, 0.3) is 17.7 Å². The lowest BCUT2D eigenvalue weighted by Gasteiger charge is -2.27. The normalized spacial score (nSPS) is 12.6. The highest BCUT2D eigenvalue weighted by Crippen LogP contribution is 2.28. The maximum atomic E-state index is 13.2. The molecule has 0 atom stereocenters. The van der Waals surface area contributed by atoms with Gasteiger partial charge in [-0.1, -0.05) is 24.3 Å². The van der Waals surface area contributed by atoms with Gasteiger partial charge in [0, 0.05) is 0 Å². The molecule has 0 fully saturated rings. The molecule has 30 heavy (non-hydrogen) atoms. The molecule has 0 unspecified atom stereocenters. The van der Waals surface area contributed by atoms with E-state index in [1.165, 1.54) is 31.6 Å². The van der Waals surface area contributed by atoms with Crippen molar-refractivity contribution in [3.05, 3.63) is 89.4 Å². The Morgan fingerprint density at radius 2 is 1.57 bits per heavy atom. The van der Waals surface area contributed by atoms with Crippen LogP contribution in [0.15, 0.2) is 71.3 Å². The highest BCUT2D eigenvalue weighted by molar-refractivity contribution is 6.22. The molecule has 2 heterocycles. The van der Waals surface area contributed by atoms with Gasteiger partial charge in [0.05, 0.1) is 35.8 Å². The zero-order chi connectivity index (χ0) is 21.3. The summed E-state index contributed by atoms with van der Waals surface area (Å²) in [4.78, 5) is 53.2. The fraction of sp³-hybridized carbons (Fsp3) is 0.0909. The van der Waals surface area contributed by atoms with Crippen molar-refractivity contribution in [2.45, 2.75) is 0 Å². The number of esters is 1. The van der Waals surface area contributed by atoms with Crippen molar-refractivity contribution in [1.82, 2.24) is 4.90 Å². The quantitative estimate of drug-likeness (QED) is 0.479. The molecule has 0 bridgehead atoms. The highest BCUT2D eigenvalue weighted by Gasteiger charge is 2.38. The highest BCUT2D eigenvalue weighted by atomic mass is 16.5. The second-order valence-corrected chi connectivity index (χ2v) is 6.44. The summed E-state index contributed by atoms with van der Waals surface area (Å²) in [5.41, 5.74) is 0.808. The summed E-state index contributed by atoms with van der Waals surface area (Å²) in [5.74, 6) is -2.34. The van der Waals surface area contributed by atoms with Crippen molar-refractivity contribution < 1.29 is 28.3 Å². The van der Waals surface area contributed by atoms with Crippen molar-refractivity contribution >= 4 is 29.4 Å². The van der Waals surface area contributed by atoms with Crippen LogP contribution in [0.2, 0.25) is 0 Å². The minimum absolute atomic E-state index is 0.00808. The second-order valence-electron chi connectivity index (χ2n) is 6.44. The van der Waals surface area contributed by atoms with E-state index in [0.717, 1.165) is 9.80 Å². The van der Waals surface area contributed by atoms with Gasteiger partial charge in [-0.15, -0.1) is 0 Å². The van der Waals surface area contributed by atoms with E-state index >= 15 is 0 Å². The molecular formula is C22H16N2O6. The number of rotatable bonds is 5. The smallest absolute Gasteiger partial charge is 0.339 e. The number of imide groups is 1. The first-order chi connectivity index (χ1) is 14.5. The molecule has 0 saturated heterocycles. The Hall–Kier alpha value is -4.20. The van der Waals surface area contributed by atoms with Crippen LogP contribution in [0.25, 0.3) is 0 Å². The number of nitrogens with zero attached hydrogens (tertiary/aromatic N) is 2. The number of ether oxygens (including phenoxy) is 1. The zero-order valence-corrected chi connectivity index (χ0v) is 15.9. The average Bonchev–Trinajstić information content (AvgIpc) is 3.40. The lowest BCUT2D eigenvalue weighted by Crippen LogP contribution is -2.44. The van der Waals surface area contributed by atoms with Crippen LogP contribution < -0.4 is 4.90 Å². The molecule has 0 saturated carbocycles. The Kier molecular flexibility index (Phi) is 4.89. The number of furan rings is 1. The number of carbonyl (C=O) groups excluding carboxylic acids is 4. The molecule has 0 aliphatic carbocycles. The molecule has 2 aromatic carbocycles. The first-order valence-electron chi connectivity index (χ1n) is 9.01. The number of hydrogen-bond donors (Lipinski definition) is 0. The Morgan fingerprint density at radius 1 is 0.933 bits per heavy atom. The molecule has 8 nitrogen and oxygen atoms in total. The van der Waals surface area contributed by atoms with Gasteiger partial charge in [0.2, 0.25) is 0 Å². The van der Waals surface area contributed by atoms with Gasteiger partial charge < -0.3 is 9.15 Å². The molecule has 1 aliphatic rings. The van der Waals surface area contributed by atoms with Crippen molar-refractivity contribution in [3.8, 4) is 0 Å². The van der Waals surface area contributed by atoms with Crippen LogP contribution in [0.3, 0.4) is 0 Å². The third-order valence-corrected chi connectivity index (χ3v) is 4.74. The van der Waals surface area contributed by atoms with E-state index in [1.807, 2.05) is 0 Å². The maximum Gasteiger partial charge on any atom is 0.339 e. The van der Waals surface area contributed by atoms with Crippen molar-refractivity contribution in [2.75, 3.05) is 18.7 Å². The Morgan fingerprint density at radius 3 is 2.17 bits per heavy atom. The molecule has 0 spiro atoms. The van der Waals surface area contributed by atoms with Crippen LogP contribution >= 0.6 is 0 Å². The fourth-order valence-corrected chi connectivity index (χ4v) is 3.28. The van der Waals surface area contributed by atoms with Crippen molar-refractivity contribution in [3.63, 3.8) is 0 Å². The number of fused-ring (bicyclic) bond motifs is 1. The predicted molar refractivity (Wildman–Crippen MR) is 105 cm³/mol. The van der Waals surface area contributed by atoms with E-state index in [-0.39, 0.29) is 28.1 Å². The zero-order valence-electron chi connectivity index (χ0n) is 15.9. The summed E-state index contributed by atoms with van der Waals surface area (Å²) in [6, 6.07) is 15.7. The van der Waals surface area contributed by atoms with Gasteiger partial charge in [-0.2, -0.15) is 0 Å². The molecule has 0 radical (unpaired) electrons. The van der Waals surface area contributed by atoms with Gasteiger partial charge >= 0.3 is 5.97 Å². The van der Waals surface area contributed by atoms with Crippen molar-refractivity contribution in [2.24, 2.45) is 0 Å². The molecule has 8 heteroatoms. The first-order valence-corrected chi connectivity index (χ1v) is 9.01. The SMILES string of the molecule is COC(=O)c1ccccc1N(CN1C(=O)c2ccccc2C1=O)C(=O)c1ccco1. The van der Waals surface area contributed by atoms with E-state index in [1.54, 1.807) is 42.5 Å². The van der Waals surface area contributed by atoms with Gasteiger partial charge in [0.1, 0.15) is 6.67 Å². The van der Waals surface area contributed by atoms with Gasteiger partial charge in [0.15, 0.2) is 5.76 Å². The number of benzene rings is 2. The molecular weight excluding hydrogens is 388 g/mol. The van der Waals surface area contributed by atoms with E-state index in [0.29, 0.717) is 0 Å². The van der Waals surface area contributed by atoms with E-state index < -0.39 is 30.4 Å². The molecule has 0 N–H and O–H groups in total. The summed E-state index contributed by atoms with van der Waals surface area (Å²) < 4.78 is 10.0. The number of methoxy groups -OCH3 is 1. The predicted octanol–water partition coefficient (Wildman–Crippen LogP) is 2.97. The van der Waals surface area contributed by atoms with Gasteiger partial charge in [-0.05, 0) is 36.4 Å². The monoisotopic (exact) mass is 404 g/mol. The van der Waals surface area contributed by atoms with Crippen molar-refractivity contribution in [1.29, 1.82) is 0 Å². The standard InChI is InChI=1S/C22H16N2O6/c1-29-22(28)16-9-4-5-10-17(16)23(21(27)18-11-6-12-30-18)13-24-19(25)14-7-2-3-8-15(14)20(24)26/h2-12H,13H2,1H3. The number of amides is 3. The van der Waals surface area contributed by atoms with E-state index in [9.17, 15) is 19.2 Å². The minimum atomic E-state index is -0.662. The number of para-hydroxylation sites is 1. The maximum absolute atomic E-state index is 13.2. The third kappa shape index (κ3) is 3.14. The van der Waals surface area contributed by atoms with Crippen LogP contribution in [0.5, 0.6) is 0 Å². The first kappa shape index (κ1) is 19.1. The van der Waals surface area contributed by atoms with Crippen LogP contribution in [0.1, 0.15) is 41.6 Å². The minimum Gasteiger partial charge on any atom is -0.465 e. The number of hydrogen-bond acceptors (Lipinski definition) is 6. The fourth-order valence-electron chi connectivity index (χ4n) is 3.28. The van der Waals surface area contributed by atoms with E-state index in [4.69, 9.17) is 9.15 Å². The second kappa shape index (κ2) is 7.67. The van der Waals surface area contributed by atoms with Gasteiger partial charge in [-0.25, -0.2) is 4.79 Å². The average molecular weight is 404 g/mol. The summed E-state index contributed by atoms with van der Waals surface area (Å²) in [7, 11) is 1.22. The van der Waals surface area contributed by atoms with Crippen LogP contribution in [-0.4, -0.2) is 42.4 Å². The largest absolute Gasteiger partial charge is 0.465 e. The van der Waals surface area contributed by atoms with Gasteiger partial charge in [-0.3, -0.25) is 24.2 Å². The Balaban J connectivity index is 1.77. The summed E-state index contributed by atoms with van der Waals surface area (Å²) in [6.45, 7) is -0.403. The Labute approximate surface area is 171 Å². The van der Waals surface area contributed by atoms with E-state index in [2.05, 4.69) is 0 Å². The topological polar surface area (TPSA) is 97.1 Å². The van der Waals surface area contributed by atoms with Crippen LogP contribution in [-0.2, 0) is 4.74 Å². The molecule has 150 valence electrons. The summed E-state index contributed by atoms with van der Waals surface area (Å²) >= 11 is 0. The number of carbonyl (C=O) groups is 4. The lowest BCUT2D eigenvalue weighted by atomic mass is 10.1. The molecule has 3 amide bonds. The van der Waals surface area contributed by atoms with Crippen LogP contribution in [0.4, 0.5) is 5.69 Å².